The molecule has 0 spiro atoms. The molecule has 0 N–H and O–H groups in total. The predicted octanol–water partition coefficient (Wildman–Crippen LogP) is 24.4. The number of hydrogen-bond acceptors (Lipinski definition) is 13. The highest BCUT2D eigenvalue weighted by molar-refractivity contribution is 5.69. The molecule has 0 unspecified atom stereocenters. The first-order valence-corrected chi connectivity index (χ1v) is 43.3. The molecule has 0 aromatic carbocycles. The second kappa shape index (κ2) is 91.2. The quantitative estimate of drug-likeness (QED) is 0.0248. The van der Waals surface area contributed by atoms with Crippen molar-refractivity contribution in [3.63, 3.8) is 0 Å². The molecule has 1 heterocycles. The van der Waals surface area contributed by atoms with Gasteiger partial charge in [0.25, 0.3) is 0 Å². The summed E-state index contributed by atoms with van der Waals surface area (Å²) in [5.74, 6) is -0.243. The van der Waals surface area contributed by atoms with Crippen LogP contribution in [-0.4, -0.2) is 150 Å². The van der Waals surface area contributed by atoms with Crippen molar-refractivity contribution in [1.82, 2.24) is 14.7 Å². The molecule has 1 aliphatic heterocycles. The van der Waals surface area contributed by atoms with Crippen LogP contribution in [0.5, 0.6) is 0 Å². The van der Waals surface area contributed by atoms with E-state index >= 15 is 0 Å². The van der Waals surface area contributed by atoms with E-state index in [1.807, 2.05) is 27.7 Å². The molecule has 1 saturated heterocycles. The Kier molecular flexibility index (Phi) is 95.4. The van der Waals surface area contributed by atoms with Gasteiger partial charge in [0.05, 0.1) is 13.2 Å². The summed E-state index contributed by atoms with van der Waals surface area (Å²) >= 11 is 0. The Bertz CT molecular complexity index is 1450. The lowest BCUT2D eigenvalue weighted by Crippen LogP contribution is -2.49. The molecule has 13 heteroatoms. The minimum atomic E-state index is -0.180. The Balaban J connectivity index is -0.00000375. The maximum atomic E-state index is 12.8. The Labute approximate surface area is 612 Å². The summed E-state index contributed by atoms with van der Waals surface area (Å²) in [4.78, 5) is 45.7. The number of piperazine rings is 1. The fraction of sp³-hybridized carbons (Fsp3) is 0.965. The second-order valence-electron chi connectivity index (χ2n) is 27.5. The van der Waals surface area contributed by atoms with Crippen molar-refractivity contribution in [2.24, 2.45) is 0 Å². The van der Waals surface area contributed by atoms with Gasteiger partial charge < -0.3 is 38.1 Å². The molecule has 590 valence electrons. The number of hydrogen-bond donors (Lipinski definition) is 0. The van der Waals surface area contributed by atoms with E-state index in [4.69, 9.17) is 33.2 Å². The Morgan fingerprint density at radius 1 is 0.276 bits per heavy atom. The van der Waals surface area contributed by atoms with Gasteiger partial charge in [-0.25, -0.2) is 0 Å². The van der Waals surface area contributed by atoms with Crippen LogP contribution in [0.3, 0.4) is 0 Å². The van der Waals surface area contributed by atoms with E-state index in [-0.39, 0.29) is 30.5 Å². The van der Waals surface area contributed by atoms with Crippen LogP contribution in [0.2, 0.25) is 0 Å². The van der Waals surface area contributed by atoms with Crippen LogP contribution in [0.15, 0.2) is 0 Å². The van der Waals surface area contributed by atoms with E-state index in [0.29, 0.717) is 39.1 Å². The van der Waals surface area contributed by atoms with Crippen molar-refractivity contribution in [3.05, 3.63) is 0 Å². The summed E-state index contributed by atoms with van der Waals surface area (Å²) in [7, 11) is 0. The van der Waals surface area contributed by atoms with Crippen molar-refractivity contribution < 1.29 is 47.5 Å². The summed E-state index contributed by atoms with van der Waals surface area (Å²) in [5, 5.41) is 0. The number of carbonyl (C=O) groups excluding carboxylic acids is 3. The predicted molar refractivity (Wildman–Crippen MR) is 423 cm³/mol. The molecule has 0 aliphatic carbocycles. The standard InChI is InChI=1S/C74H145N3O10.C4H10.C3H8.2C2H6/c1-6-11-16-21-26-27-28-33-43-63-81-70(78)49-36-34-41-54-75(55-42-35-48-64-82-71(79)50-37-39-52-73(84-65-44-29-22-17-12-7-2)85-66-45-30-23-18-13-8-3)56-57-76-58-60-77(61-59-76)62-69-83-72(80)51-38-40-53-74(86-67-46-31-24-19-14-9-4)87-68-47-32-25-20-15-10-5;1-3-4-2;1-3-2;2*1-2/h73-74H,6-69H2,1-5H3;3-4H2,1-2H3;3H2,1-2H3;2*1-2H3. The minimum absolute atomic E-state index is 0.0471. The average Bonchev–Trinajstić information content (AvgIpc) is 1.19. The number of ether oxygens (including phenoxy) is 7. The van der Waals surface area contributed by atoms with E-state index in [1.54, 1.807) is 0 Å². The molecule has 0 amide bonds. The molecule has 13 nitrogen and oxygen atoms in total. The highest BCUT2D eigenvalue weighted by Gasteiger charge is 2.19. The van der Waals surface area contributed by atoms with E-state index in [9.17, 15) is 14.4 Å². The van der Waals surface area contributed by atoms with Crippen LogP contribution in [-0.2, 0) is 47.5 Å². The summed E-state index contributed by atoms with van der Waals surface area (Å²) in [6, 6.07) is 0. The maximum Gasteiger partial charge on any atom is 0.305 e. The number of rotatable bonds is 71. The van der Waals surface area contributed by atoms with Gasteiger partial charge in [0.1, 0.15) is 6.61 Å². The van der Waals surface area contributed by atoms with Crippen molar-refractivity contribution >= 4 is 17.9 Å². The number of carbonyl (C=O) groups is 3. The largest absolute Gasteiger partial charge is 0.466 e. The van der Waals surface area contributed by atoms with Gasteiger partial charge in [0.2, 0.25) is 0 Å². The molecule has 0 aromatic rings. The first-order valence-electron chi connectivity index (χ1n) is 43.3. The lowest BCUT2D eigenvalue weighted by Gasteiger charge is -2.35. The molecule has 1 aliphatic rings. The van der Waals surface area contributed by atoms with Crippen LogP contribution in [0, 0.1) is 0 Å². The Morgan fingerprint density at radius 2 is 0.520 bits per heavy atom. The molecule has 0 saturated carbocycles. The third-order valence-electron chi connectivity index (χ3n) is 18.0. The third-order valence-corrected chi connectivity index (χ3v) is 18.0. The fourth-order valence-corrected chi connectivity index (χ4v) is 11.5. The SMILES string of the molecule is CC.CC.CCC.CCCC.CCCCCCCCCCCOC(=O)CCCCCN(CCCCCOC(=O)CCCCC(OCCCCCCCC)OCCCCCCCC)CCN1CCN(CCOC(=O)CCCCC(OCCCCCCCC)OCCCCCCCC)CC1. The molecular formula is C85H175N3O10. The zero-order valence-electron chi connectivity index (χ0n) is 68.5. The number of nitrogens with zero attached hydrogens (tertiary/aromatic N) is 3. The van der Waals surface area contributed by atoms with Gasteiger partial charge in [-0.1, -0.05) is 295 Å². The van der Waals surface area contributed by atoms with Crippen molar-refractivity contribution in [1.29, 1.82) is 0 Å². The van der Waals surface area contributed by atoms with E-state index in [1.165, 1.54) is 193 Å². The lowest BCUT2D eigenvalue weighted by atomic mass is 10.1. The van der Waals surface area contributed by atoms with E-state index < -0.39 is 0 Å². The topological polar surface area (TPSA) is 126 Å². The van der Waals surface area contributed by atoms with Crippen LogP contribution >= 0.6 is 0 Å². The summed E-state index contributed by atoms with van der Waals surface area (Å²) in [6.07, 6.45) is 57.1. The molecule has 0 bridgehead atoms. The third kappa shape index (κ3) is 83.1. The lowest BCUT2D eigenvalue weighted by molar-refractivity contribution is -0.150. The van der Waals surface area contributed by atoms with Crippen LogP contribution < -0.4 is 0 Å². The molecule has 1 rings (SSSR count). The van der Waals surface area contributed by atoms with Gasteiger partial charge in [0.15, 0.2) is 12.6 Å². The number of unbranched alkanes of at least 4 members (excludes halogenated alkanes) is 35. The molecule has 0 aromatic heterocycles. The zero-order valence-corrected chi connectivity index (χ0v) is 68.5. The number of esters is 3. The van der Waals surface area contributed by atoms with Crippen LogP contribution in [0.25, 0.3) is 0 Å². The minimum Gasteiger partial charge on any atom is -0.466 e. The first kappa shape index (κ1) is 102. The van der Waals surface area contributed by atoms with Crippen molar-refractivity contribution in [2.45, 2.75) is 430 Å². The highest BCUT2D eigenvalue weighted by Crippen LogP contribution is 2.18. The fourth-order valence-electron chi connectivity index (χ4n) is 11.5. The normalized spacial score (nSPS) is 12.4. The summed E-state index contributed by atoms with van der Waals surface area (Å²) in [5.41, 5.74) is 0. The van der Waals surface area contributed by atoms with Crippen molar-refractivity contribution in [3.8, 4) is 0 Å². The molecule has 0 atom stereocenters. The van der Waals surface area contributed by atoms with Gasteiger partial charge in [-0.3, -0.25) is 24.2 Å². The van der Waals surface area contributed by atoms with E-state index in [2.05, 4.69) is 77.0 Å². The smallest absolute Gasteiger partial charge is 0.305 e. The van der Waals surface area contributed by atoms with Gasteiger partial charge >= 0.3 is 17.9 Å². The average molecular weight is 1400 g/mol. The molecule has 1 fully saturated rings. The molecule has 0 radical (unpaired) electrons. The van der Waals surface area contributed by atoms with Gasteiger partial charge in [-0.15, -0.1) is 0 Å². The highest BCUT2D eigenvalue weighted by atomic mass is 16.7. The molecule has 98 heavy (non-hydrogen) atoms. The van der Waals surface area contributed by atoms with Gasteiger partial charge in [-0.2, -0.15) is 0 Å². The Hall–Kier alpha value is -1.87. The van der Waals surface area contributed by atoms with E-state index in [0.717, 1.165) is 201 Å². The summed E-state index contributed by atoms with van der Waals surface area (Å²) < 4.78 is 41.9. The second-order valence-corrected chi connectivity index (χ2v) is 27.5. The van der Waals surface area contributed by atoms with Crippen LogP contribution in [0.1, 0.15) is 417 Å². The monoisotopic (exact) mass is 1400 g/mol. The van der Waals surface area contributed by atoms with Gasteiger partial charge in [0, 0.05) is 91.5 Å². The molecular weight excluding hydrogens is 1220 g/mol. The Morgan fingerprint density at radius 3 is 0.827 bits per heavy atom. The maximum absolute atomic E-state index is 12.8. The van der Waals surface area contributed by atoms with Crippen LogP contribution in [0.4, 0.5) is 0 Å². The summed E-state index contributed by atoms with van der Waals surface area (Å²) in [6.45, 7) is 41.2. The van der Waals surface area contributed by atoms with Gasteiger partial charge in [-0.05, 0) is 116 Å². The zero-order chi connectivity index (χ0) is 72.9. The van der Waals surface area contributed by atoms with Crippen molar-refractivity contribution in [2.75, 3.05) is 105 Å². The first-order chi connectivity index (χ1) is 48.2.